The van der Waals surface area contributed by atoms with Crippen LogP contribution in [0.25, 0.3) is 11.0 Å². The summed E-state index contributed by atoms with van der Waals surface area (Å²) in [4.78, 5) is 10.8. The standard InChI is InChI=1S/C21H18O3/c1-14-3-5-16(6-4-14)7-8-17-9-10-19-18(12-17)13-20(24-19)15(2)11-21(22)23/h3-6,9-10,12-13,15H,11H2,1-2H3,(H,22,23). The Morgan fingerprint density at radius 2 is 1.75 bits per heavy atom. The highest BCUT2D eigenvalue weighted by Gasteiger charge is 2.15. The molecule has 0 amide bonds. The van der Waals surface area contributed by atoms with Crippen LogP contribution in [0, 0.1) is 18.8 Å². The van der Waals surface area contributed by atoms with Crippen molar-refractivity contribution in [3.63, 3.8) is 0 Å². The van der Waals surface area contributed by atoms with Crippen molar-refractivity contribution < 1.29 is 14.3 Å². The summed E-state index contributed by atoms with van der Waals surface area (Å²) in [7, 11) is 0. The van der Waals surface area contributed by atoms with Gasteiger partial charge < -0.3 is 9.52 Å². The third-order valence-electron chi connectivity index (χ3n) is 3.90. The summed E-state index contributed by atoms with van der Waals surface area (Å²) in [5, 5.41) is 9.84. The van der Waals surface area contributed by atoms with E-state index in [1.165, 1.54) is 5.56 Å². The molecule has 0 bridgehead atoms. The second-order valence-corrected chi connectivity index (χ2v) is 6.02. The summed E-state index contributed by atoms with van der Waals surface area (Å²) >= 11 is 0. The summed E-state index contributed by atoms with van der Waals surface area (Å²) in [5.41, 5.74) is 3.84. The molecule has 0 radical (unpaired) electrons. The summed E-state index contributed by atoms with van der Waals surface area (Å²) in [6.07, 6.45) is 0.0555. The van der Waals surface area contributed by atoms with Crippen LogP contribution in [0.15, 0.2) is 52.9 Å². The van der Waals surface area contributed by atoms with E-state index in [1.54, 1.807) is 0 Å². The maximum absolute atomic E-state index is 10.8. The van der Waals surface area contributed by atoms with Crippen molar-refractivity contribution in [1.29, 1.82) is 0 Å². The van der Waals surface area contributed by atoms with Crippen LogP contribution in [0.1, 0.15) is 41.7 Å². The van der Waals surface area contributed by atoms with Gasteiger partial charge in [0.2, 0.25) is 0 Å². The summed E-state index contributed by atoms with van der Waals surface area (Å²) in [5.74, 6) is 6.02. The number of hydrogen-bond donors (Lipinski definition) is 1. The van der Waals surface area contributed by atoms with Gasteiger partial charge in [-0.3, -0.25) is 4.79 Å². The Bertz CT molecular complexity index is 937. The lowest BCUT2D eigenvalue weighted by Crippen LogP contribution is -2.01. The minimum Gasteiger partial charge on any atom is -0.481 e. The Labute approximate surface area is 140 Å². The van der Waals surface area contributed by atoms with Gasteiger partial charge in [0.15, 0.2) is 0 Å². The fraction of sp³-hybridized carbons (Fsp3) is 0.190. The van der Waals surface area contributed by atoms with Crippen molar-refractivity contribution in [2.24, 2.45) is 0 Å². The van der Waals surface area contributed by atoms with Gasteiger partial charge in [0.1, 0.15) is 11.3 Å². The quantitative estimate of drug-likeness (QED) is 0.711. The van der Waals surface area contributed by atoms with E-state index in [-0.39, 0.29) is 12.3 Å². The number of furan rings is 1. The van der Waals surface area contributed by atoms with Gasteiger partial charge in [0.05, 0.1) is 6.42 Å². The molecule has 0 spiro atoms. The fourth-order valence-corrected chi connectivity index (χ4v) is 2.53. The van der Waals surface area contributed by atoms with Gasteiger partial charge in [0, 0.05) is 22.4 Å². The first-order valence-electron chi connectivity index (χ1n) is 7.85. The zero-order valence-corrected chi connectivity index (χ0v) is 13.7. The first kappa shape index (κ1) is 15.9. The number of aliphatic carboxylic acids is 1. The van der Waals surface area contributed by atoms with E-state index in [4.69, 9.17) is 9.52 Å². The second kappa shape index (κ2) is 6.64. The molecule has 1 N–H and O–H groups in total. The van der Waals surface area contributed by atoms with E-state index in [0.717, 1.165) is 22.1 Å². The van der Waals surface area contributed by atoms with Gasteiger partial charge in [-0.05, 0) is 43.3 Å². The largest absolute Gasteiger partial charge is 0.481 e. The highest BCUT2D eigenvalue weighted by Crippen LogP contribution is 2.27. The lowest BCUT2D eigenvalue weighted by molar-refractivity contribution is -0.137. The summed E-state index contributed by atoms with van der Waals surface area (Å²) in [6.45, 7) is 3.90. The molecule has 0 fully saturated rings. The topological polar surface area (TPSA) is 50.4 Å². The highest BCUT2D eigenvalue weighted by molar-refractivity contribution is 5.80. The maximum Gasteiger partial charge on any atom is 0.304 e. The monoisotopic (exact) mass is 318 g/mol. The van der Waals surface area contributed by atoms with Gasteiger partial charge in [-0.15, -0.1) is 0 Å². The van der Waals surface area contributed by atoms with E-state index in [1.807, 2.05) is 62.4 Å². The molecule has 0 saturated heterocycles. The minimum absolute atomic E-state index is 0.0555. The van der Waals surface area contributed by atoms with E-state index >= 15 is 0 Å². The fourth-order valence-electron chi connectivity index (χ4n) is 2.53. The normalized spacial score (nSPS) is 11.8. The molecule has 24 heavy (non-hydrogen) atoms. The number of rotatable bonds is 3. The van der Waals surface area contributed by atoms with Gasteiger partial charge in [-0.1, -0.05) is 36.5 Å². The van der Waals surface area contributed by atoms with Crippen molar-refractivity contribution in [3.8, 4) is 11.8 Å². The number of fused-ring (bicyclic) bond motifs is 1. The second-order valence-electron chi connectivity index (χ2n) is 6.02. The number of carbonyl (C=O) groups is 1. The van der Waals surface area contributed by atoms with E-state index in [2.05, 4.69) is 11.8 Å². The maximum atomic E-state index is 10.8. The van der Waals surface area contributed by atoms with Gasteiger partial charge in [-0.25, -0.2) is 0 Å². The molecule has 120 valence electrons. The summed E-state index contributed by atoms with van der Waals surface area (Å²) in [6, 6.07) is 15.8. The third kappa shape index (κ3) is 3.67. The minimum atomic E-state index is -0.826. The van der Waals surface area contributed by atoms with Gasteiger partial charge in [-0.2, -0.15) is 0 Å². The summed E-state index contributed by atoms with van der Waals surface area (Å²) < 4.78 is 5.75. The molecule has 1 aromatic heterocycles. The van der Waals surface area contributed by atoms with Crippen LogP contribution in [-0.4, -0.2) is 11.1 Å². The lowest BCUT2D eigenvalue weighted by Gasteiger charge is -2.02. The molecule has 3 nitrogen and oxygen atoms in total. The predicted octanol–water partition coefficient (Wildman–Crippen LogP) is 4.72. The Kier molecular flexibility index (Phi) is 4.39. The third-order valence-corrected chi connectivity index (χ3v) is 3.90. The Hall–Kier alpha value is -2.99. The Morgan fingerprint density at radius 1 is 1.08 bits per heavy atom. The van der Waals surface area contributed by atoms with Crippen LogP contribution in [-0.2, 0) is 4.79 Å². The van der Waals surface area contributed by atoms with Crippen molar-refractivity contribution in [1.82, 2.24) is 0 Å². The first-order valence-corrected chi connectivity index (χ1v) is 7.85. The number of carboxylic acids is 1. The van der Waals surface area contributed by atoms with Gasteiger partial charge >= 0.3 is 5.97 Å². The molecular weight excluding hydrogens is 300 g/mol. The van der Waals surface area contributed by atoms with E-state index in [9.17, 15) is 4.79 Å². The molecule has 0 saturated carbocycles. The molecule has 1 heterocycles. The van der Waals surface area contributed by atoms with E-state index in [0.29, 0.717) is 5.76 Å². The SMILES string of the molecule is Cc1ccc(C#Cc2ccc3oc(C(C)CC(=O)O)cc3c2)cc1. The molecule has 1 atom stereocenters. The highest BCUT2D eigenvalue weighted by atomic mass is 16.4. The molecule has 0 aliphatic heterocycles. The molecule has 1 unspecified atom stereocenters. The smallest absolute Gasteiger partial charge is 0.304 e. The number of hydrogen-bond acceptors (Lipinski definition) is 2. The molecular formula is C21H18O3. The molecule has 3 rings (SSSR count). The average Bonchev–Trinajstić information content (AvgIpc) is 2.97. The van der Waals surface area contributed by atoms with E-state index < -0.39 is 5.97 Å². The average molecular weight is 318 g/mol. The lowest BCUT2D eigenvalue weighted by atomic mass is 10.0. The van der Waals surface area contributed by atoms with Crippen LogP contribution in [0.2, 0.25) is 0 Å². The number of benzene rings is 2. The Balaban J connectivity index is 1.86. The van der Waals surface area contributed by atoms with Crippen molar-refractivity contribution in [2.45, 2.75) is 26.2 Å². The Morgan fingerprint density at radius 3 is 2.46 bits per heavy atom. The molecule has 3 aromatic rings. The zero-order chi connectivity index (χ0) is 17.1. The molecule has 0 aliphatic rings. The number of aryl methyl sites for hydroxylation is 1. The molecule has 0 aliphatic carbocycles. The predicted molar refractivity (Wildman–Crippen MR) is 94.0 cm³/mol. The molecule has 2 aromatic carbocycles. The van der Waals surface area contributed by atoms with Crippen molar-refractivity contribution in [2.75, 3.05) is 0 Å². The zero-order valence-electron chi connectivity index (χ0n) is 13.7. The van der Waals surface area contributed by atoms with Crippen LogP contribution >= 0.6 is 0 Å². The molecule has 3 heteroatoms. The van der Waals surface area contributed by atoms with Crippen LogP contribution in [0.5, 0.6) is 0 Å². The van der Waals surface area contributed by atoms with Crippen LogP contribution in [0.3, 0.4) is 0 Å². The first-order chi connectivity index (χ1) is 11.5. The number of carboxylic acid groups (broad SMARTS) is 1. The van der Waals surface area contributed by atoms with Crippen LogP contribution < -0.4 is 0 Å². The van der Waals surface area contributed by atoms with Crippen LogP contribution in [0.4, 0.5) is 0 Å². The van der Waals surface area contributed by atoms with Crippen molar-refractivity contribution in [3.05, 3.63) is 71.0 Å². The van der Waals surface area contributed by atoms with Gasteiger partial charge in [0.25, 0.3) is 0 Å². The van der Waals surface area contributed by atoms with Crippen molar-refractivity contribution >= 4 is 16.9 Å².